The summed E-state index contributed by atoms with van der Waals surface area (Å²) in [6.45, 7) is 4.37. The molecular weight excluding hydrogens is 191 g/mol. The van der Waals surface area contributed by atoms with Crippen LogP contribution in [-0.4, -0.2) is 0 Å². The van der Waals surface area contributed by atoms with E-state index in [1.807, 2.05) is 6.07 Å². The van der Waals surface area contributed by atoms with Gasteiger partial charge in [-0.15, -0.1) is 0 Å². The first-order valence-electron chi connectivity index (χ1n) is 5.33. The molecule has 0 fully saturated rings. The van der Waals surface area contributed by atoms with Gasteiger partial charge in [-0.1, -0.05) is 13.8 Å². The zero-order chi connectivity index (χ0) is 10.8. The van der Waals surface area contributed by atoms with E-state index < -0.39 is 0 Å². The van der Waals surface area contributed by atoms with Gasteiger partial charge in [0, 0.05) is 17.9 Å². The minimum Gasteiger partial charge on any atom is -0.461 e. The van der Waals surface area contributed by atoms with Crippen LogP contribution in [-0.2, 0) is 6.42 Å². The summed E-state index contributed by atoms with van der Waals surface area (Å²) in [5, 5.41) is 0.982. The molecule has 80 valence electrons. The SMILES string of the molecule is CC(C)CCc1cc2ccc(F)cc2o1. The molecule has 0 saturated carbocycles. The highest BCUT2D eigenvalue weighted by Gasteiger charge is 2.05. The van der Waals surface area contributed by atoms with Gasteiger partial charge in [0.25, 0.3) is 0 Å². The Balaban J connectivity index is 2.23. The summed E-state index contributed by atoms with van der Waals surface area (Å²) in [5.74, 6) is 1.37. The van der Waals surface area contributed by atoms with Crippen molar-refractivity contribution in [3.63, 3.8) is 0 Å². The standard InChI is InChI=1S/C13H15FO/c1-9(2)3-6-12-7-10-4-5-11(14)8-13(10)15-12/h4-5,7-9H,3,6H2,1-2H3. The first-order valence-corrected chi connectivity index (χ1v) is 5.33. The van der Waals surface area contributed by atoms with Gasteiger partial charge in [0.15, 0.2) is 0 Å². The molecule has 0 aliphatic rings. The highest BCUT2D eigenvalue weighted by molar-refractivity contribution is 5.77. The van der Waals surface area contributed by atoms with Crippen LogP contribution in [0.15, 0.2) is 28.7 Å². The topological polar surface area (TPSA) is 13.1 Å². The summed E-state index contributed by atoms with van der Waals surface area (Å²) in [7, 11) is 0. The monoisotopic (exact) mass is 206 g/mol. The van der Waals surface area contributed by atoms with Gasteiger partial charge in [-0.25, -0.2) is 4.39 Å². The van der Waals surface area contributed by atoms with E-state index in [1.165, 1.54) is 12.1 Å². The molecule has 0 unspecified atom stereocenters. The van der Waals surface area contributed by atoms with Crippen molar-refractivity contribution in [3.8, 4) is 0 Å². The van der Waals surface area contributed by atoms with Gasteiger partial charge < -0.3 is 4.42 Å². The van der Waals surface area contributed by atoms with Gasteiger partial charge in [0.1, 0.15) is 17.2 Å². The number of benzene rings is 1. The van der Waals surface area contributed by atoms with E-state index in [-0.39, 0.29) is 5.82 Å². The average molecular weight is 206 g/mol. The molecule has 15 heavy (non-hydrogen) atoms. The van der Waals surface area contributed by atoms with Crippen LogP contribution in [0, 0.1) is 11.7 Å². The average Bonchev–Trinajstić information content (AvgIpc) is 2.56. The molecule has 0 saturated heterocycles. The fourth-order valence-corrected chi connectivity index (χ4v) is 1.61. The predicted octanol–water partition coefficient (Wildman–Crippen LogP) is 4.16. The lowest BCUT2D eigenvalue weighted by molar-refractivity contribution is 0.498. The van der Waals surface area contributed by atoms with Crippen LogP contribution in [0.4, 0.5) is 4.39 Å². The lowest BCUT2D eigenvalue weighted by atomic mass is 10.1. The van der Waals surface area contributed by atoms with Crippen LogP contribution in [0.25, 0.3) is 11.0 Å². The summed E-state index contributed by atoms with van der Waals surface area (Å²) in [5.41, 5.74) is 0.647. The van der Waals surface area contributed by atoms with Gasteiger partial charge >= 0.3 is 0 Å². The molecule has 1 aromatic heterocycles. The normalized spacial score (nSPS) is 11.5. The molecule has 2 aromatic rings. The van der Waals surface area contributed by atoms with Crippen LogP contribution >= 0.6 is 0 Å². The van der Waals surface area contributed by atoms with Crippen LogP contribution < -0.4 is 0 Å². The molecule has 0 amide bonds. The molecule has 1 nitrogen and oxygen atoms in total. The highest BCUT2D eigenvalue weighted by Crippen LogP contribution is 2.22. The van der Waals surface area contributed by atoms with E-state index in [1.54, 1.807) is 6.07 Å². The first kappa shape index (κ1) is 10.2. The van der Waals surface area contributed by atoms with Gasteiger partial charge in [0.05, 0.1) is 0 Å². The molecule has 2 rings (SSSR count). The quantitative estimate of drug-likeness (QED) is 0.734. The molecular formula is C13H15FO. The van der Waals surface area contributed by atoms with E-state index in [0.29, 0.717) is 11.5 Å². The minimum absolute atomic E-state index is 0.243. The number of rotatable bonds is 3. The predicted molar refractivity (Wildman–Crippen MR) is 59.3 cm³/mol. The second kappa shape index (κ2) is 4.05. The Morgan fingerprint density at radius 3 is 2.80 bits per heavy atom. The van der Waals surface area contributed by atoms with E-state index >= 15 is 0 Å². The van der Waals surface area contributed by atoms with E-state index in [2.05, 4.69) is 13.8 Å². The second-order valence-electron chi connectivity index (χ2n) is 4.33. The van der Waals surface area contributed by atoms with Crippen molar-refractivity contribution in [3.05, 3.63) is 35.8 Å². The van der Waals surface area contributed by atoms with Crippen LogP contribution in [0.3, 0.4) is 0 Å². The molecule has 0 N–H and O–H groups in total. The first-order chi connectivity index (χ1) is 7.15. The number of furan rings is 1. The van der Waals surface area contributed by atoms with Gasteiger partial charge in [-0.2, -0.15) is 0 Å². The Morgan fingerprint density at radius 2 is 2.07 bits per heavy atom. The Labute approximate surface area is 88.9 Å². The smallest absolute Gasteiger partial charge is 0.137 e. The van der Waals surface area contributed by atoms with Crippen molar-refractivity contribution >= 4 is 11.0 Å². The van der Waals surface area contributed by atoms with Crippen molar-refractivity contribution in [1.82, 2.24) is 0 Å². The third-order valence-electron chi connectivity index (χ3n) is 2.50. The highest BCUT2D eigenvalue weighted by atomic mass is 19.1. The Bertz CT molecular complexity index is 457. The third-order valence-corrected chi connectivity index (χ3v) is 2.50. The Hall–Kier alpha value is -1.31. The molecule has 1 heterocycles. The minimum atomic E-state index is -0.243. The van der Waals surface area contributed by atoms with Crippen LogP contribution in [0.5, 0.6) is 0 Å². The largest absolute Gasteiger partial charge is 0.461 e. The lowest BCUT2D eigenvalue weighted by Gasteiger charge is -2.00. The fourth-order valence-electron chi connectivity index (χ4n) is 1.61. The van der Waals surface area contributed by atoms with Crippen LogP contribution in [0.2, 0.25) is 0 Å². The zero-order valence-corrected chi connectivity index (χ0v) is 9.09. The number of hydrogen-bond acceptors (Lipinski definition) is 1. The molecule has 2 heteroatoms. The summed E-state index contributed by atoms with van der Waals surface area (Å²) in [6.07, 6.45) is 2.02. The fraction of sp³-hybridized carbons (Fsp3) is 0.385. The summed E-state index contributed by atoms with van der Waals surface area (Å²) >= 11 is 0. The molecule has 0 radical (unpaired) electrons. The summed E-state index contributed by atoms with van der Waals surface area (Å²) in [6, 6.07) is 6.66. The molecule has 0 aliphatic heterocycles. The molecule has 0 aliphatic carbocycles. The lowest BCUT2D eigenvalue weighted by Crippen LogP contribution is -1.89. The maximum absolute atomic E-state index is 12.9. The molecule has 0 atom stereocenters. The number of aryl methyl sites for hydroxylation is 1. The van der Waals surface area contributed by atoms with E-state index in [0.717, 1.165) is 24.0 Å². The second-order valence-corrected chi connectivity index (χ2v) is 4.33. The van der Waals surface area contributed by atoms with Crippen molar-refractivity contribution in [2.45, 2.75) is 26.7 Å². The maximum Gasteiger partial charge on any atom is 0.137 e. The van der Waals surface area contributed by atoms with Gasteiger partial charge in [0.2, 0.25) is 0 Å². The Morgan fingerprint density at radius 1 is 1.27 bits per heavy atom. The number of hydrogen-bond donors (Lipinski definition) is 0. The molecule has 0 spiro atoms. The van der Waals surface area contributed by atoms with Crippen molar-refractivity contribution in [1.29, 1.82) is 0 Å². The van der Waals surface area contributed by atoms with Crippen molar-refractivity contribution in [2.24, 2.45) is 5.92 Å². The zero-order valence-electron chi connectivity index (χ0n) is 9.09. The maximum atomic E-state index is 12.9. The van der Waals surface area contributed by atoms with E-state index in [4.69, 9.17) is 4.42 Å². The third kappa shape index (κ3) is 2.38. The number of halogens is 1. The van der Waals surface area contributed by atoms with E-state index in [9.17, 15) is 4.39 Å². The van der Waals surface area contributed by atoms with Crippen molar-refractivity contribution in [2.75, 3.05) is 0 Å². The summed E-state index contributed by atoms with van der Waals surface area (Å²) < 4.78 is 18.5. The summed E-state index contributed by atoms with van der Waals surface area (Å²) in [4.78, 5) is 0. The van der Waals surface area contributed by atoms with Gasteiger partial charge in [-0.05, 0) is 30.5 Å². The van der Waals surface area contributed by atoms with Gasteiger partial charge in [-0.3, -0.25) is 0 Å². The molecule has 1 aromatic carbocycles. The van der Waals surface area contributed by atoms with Crippen molar-refractivity contribution < 1.29 is 8.81 Å². The number of fused-ring (bicyclic) bond motifs is 1. The Kier molecular flexibility index (Phi) is 2.76. The molecule has 0 bridgehead atoms. The van der Waals surface area contributed by atoms with Crippen LogP contribution in [0.1, 0.15) is 26.0 Å².